The van der Waals surface area contributed by atoms with Gasteiger partial charge in [0.15, 0.2) is 10.9 Å². The predicted octanol–water partition coefficient (Wildman–Crippen LogP) is 3.63. The minimum Gasteiger partial charge on any atom is -0.486 e. The Balaban J connectivity index is 1.47. The van der Waals surface area contributed by atoms with Crippen LogP contribution in [0.1, 0.15) is 16.3 Å². The third-order valence-electron chi connectivity index (χ3n) is 3.42. The van der Waals surface area contributed by atoms with Crippen LogP contribution in [0.15, 0.2) is 71.1 Å². The van der Waals surface area contributed by atoms with Gasteiger partial charge in [-0.15, -0.1) is 0 Å². The van der Waals surface area contributed by atoms with Crippen LogP contribution in [0.25, 0.3) is 0 Å². The molecule has 3 rings (SSSR count). The van der Waals surface area contributed by atoms with Gasteiger partial charge in [0.05, 0.1) is 5.69 Å². The van der Waals surface area contributed by atoms with Crippen molar-refractivity contribution in [2.45, 2.75) is 6.61 Å². The summed E-state index contributed by atoms with van der Waals surface area (Å²) >= 11 is 5.01. The molecular weight excluding hydrogens is 369 g/mol. The third-order valence-corrected chi connectivity index (χ3v) is 3.63. The lowest BCUT2D eigenvalue weighted by Crippen LogP contribution is -2.43. The van der Waals surface area contributed by atoms with Crippen molar-refractivity contribution in [1.29, 1.82) is 0 Å². The van der Waals surface area contributed by atoms with Gasteiger partial charge >= 0.3 is 5.91 Å². The number of benzene rings is 2. The Labute approximate surface area is 160 Å². The van der Waals surface area contributed by atoms with Gasteiger partial charge in [-0.3, -0.25) is 15.6 Å². The molecule has 0 fully saturated rings. The third kappa shape index (κ3) is 5.29. The van der Waals surface area contributed by atoms with Gasteiger partial charge in [-0.2, -0.15) is 0 Å². The Hall–Kier alpha value is -3.39. The van der Waals surface area contributed by atoms with E-state index in [9.17, 15) is 9.18 Å². The van der Waals surface area contributed by atoms with Gasteiger partial charge in [-0.25, -0.2) is 4.39 Å². The lowest BCUT2D eigenvalue weighted by molar-refractivity contribution is 0.0912. The SMILES string of the molecule is O=C(NNC(=S)Nc1ccccc1F)c1ccc(COc2ccccc2)o1. The Morgan fingerprint density at radius 1 is 1.00 bits per heavy atom. The Morgan fingerprint density at radius 3 is 2.52 bits per heavy atom. The molecule has 1 heterocycles. The molecule has 0 saturated heterocycles. The fraction of sp³-hybridized carbons (Fsp3) is 0.0526. The van der Waals surface area contributed by atoms with E-state index >= 15 is 0 Å². The molecule has 2 aromatic carbocycles. The summed E-state index contributed by atoms with van der Waals surface area (Å²) in [5.41, 5.74) is 5.06. The maximum absolute atomic E-state index is 13.5. The smallest absolute Gasteiger partial charge is 0.305 e. The summed E-state index contributed by atoms with van der Waals surface area (Å²) in [5, 5.41) is 2.68. The van der Waals surface area contributed by atoms with Crippen molar-refractivity contribution < 1.29 is 18.3 Å². The number of amides is 1. The van der Waals surface area contributed by atoms with E-state index in [1.54, 1.807) is 18.2 Å². The quantitative estimate of drug-likeness (QED) is 0.460. The largest absolute Gasteiger partial charge is 0.486 e. The number of anilines is 1. The number of carbonyl (C=O) groups excluding carboxylic acids is 1. The minimum absolute atomic E-state index is 0.0349. The molecule has 0 aliphatic heterocycles. The standard InChI is InChI=1S/C19H16FN3O3S/c20-15-8-4-5-9-16(15)21-19(27)23-22-18(24)17-11-10-14(26-17)12-25-13-6-2-1-3-7-13/h1-11H,12H2,(H,22,24)(H2,21,23,27). The number of hydrogen-bond donors (Lipinski definition) is 3. The van der Waals surface area contributed by atoms with Crippen molar-refractivity contribution in [2.75, 3.05) is 5.32 Å². The van der Waals surface area contributed by atoms with Crippen molar-refractivity contribution in [3.05, 3.63) is 84.1 Å². The fourth-order valence-electron chi connectivity index (χ4n) is 2.14. The highest BCUT2D eigenvalue weighted by molar-refractivity contribution is 7.80. The van der Waals surface area contributed by atoms with Crippen molar-refractivity contribution in [1.82, 2.24) is 10.9 Å². The van der Waals surface area contributed by atoms with E-state index in [-0.39, 0.29) is 23.2 Å². The first-order valence-corrected chi connectivity index (χ1v) is 8.41. The summed E-state index contributed by atoms with van der Waals surface area (Å²) in [5.74, 6) is 0.297. The zero-order valence-corrected chi connectivity index (χ0v) is 14.9. The van der Waals surface area contributed by atoms with Gasteiger partial charge in [0.25, 0.3) is 0 Å². The fourth-order valence-corrected chi connectivity index (χ4v) is 2.30. The van der Waals surface area contributed by atoms with Crippen LogP contribution in [0.5, 0.6) is 5.75 Å². The maximum atomic E-state index is 13.5. The molecule has 1 amide bonds. The van der Waals surface area contributed by atoms with Gasteiger partial charge in [0.1, 0.15) is 23.9 Å². The molecule has 0 radical (unpaired) electrons. The molecule has 0 bridgehead atoms. The van der Waals surface area contributed by atoms with Gasteiger partial charge in [-0.1, -0.05) is 30.3 Å². The van der Waals surface area contributed by atoms with Crippen LogP contribution in [0, 0.1) is 5.82 Å². The topological polar surface area (TPSA) is 75.5 Å². The highest BCUT2D eigenvalue weighted by Crippen LogP contribution is 2.14. The molecule has 0 spiro atoms. The summed E-state index contributed by atoms with van der Waals surface area (Å²) in [6, 6.07) is 18.5. The molecular formula is C19H16FN3O3S. The van der Waals surface area contributed by atoms with E-state index in [1.807, 2.05) is 30.3 Å². The number of para-hydroxylation sites is 2. The van der Waals surface area contributed by atoms with Crippen LogP contribution in [0.3, 0.4) is 0 Å². The summed E-state index contributed by atoms with van der Waals surface area (Å²) in [6.07, 6.45) is 0. The Kier molecular flexibility index (Phi) is 6.01. The summed E-state index contributed by atoms with van der Waals surface area (Å²) < 4.78 is 24.5. The van der Waals surface area contributed by atoms with Gasteiger partial charge in [-0.05, 0) is 48.6 Å². The van der Waals surface area contributed by atoms with Crippen LogP contribution >= 0.6 is 12.2 Å². The molecule has 1 aromatic heterocycles. The molecule has 0 unspecified atom stereocenters. The number of rotatable bonds is 5. The lowest BCUT2D eigenvalue weighted by atomic mass is 10.3. The summed E-state index contributed by atoms with van der Waals surface area (Å²) in [6.45, 7) is 0.192. The molecule has 0 aliphatic rings. The van der Waals surface area contributed by atoms with Gasteiger partial charge in [0.2, 0.25) is 0 Å². The molecule has 3 aromatic rings. The second-order valence-electron chi connectivity index (χ2n) is 5.38. The van der Waals surface area contributed by atoms with E-state index in [1.165, 1.54) is 18.2 Å². The number of thiocarbonyl (C=S) groups is 1. The highest BCUT2D eigenvalue weighted by atomic mass is 32.1. The number of halogens is 1. The molecule has 6 nitrogen and oxygen atoms in total. The number of furan rings is 1. The van der Waals surface area contributed by atoms with Crippen LogP contribution < -0.4 is 20.9 Å². The van der Waals surface area contributed by atoms with Crippen molar-refractivity contribution >= 4 is 28.9 Å². The lowest BCUT2D eigenvalue weighted by Gasteiger charge is -2.11. The average Bonchev–Trinajstić information content (AvgIpc) is 3.16. The second-order valence-corrected chi connectivity index (χ2v) is 5.79. The average molecular weight is 385 g/mol. The van der Waals surface area contributed by atoms with Crippen molar-refractivity contribution in [2.24, 2.45) is 0 Å². The predicted molar refractivity (Wildman–Crippen MR) is 103 cm³/mol. The van der Waals surface area contributed by atoms with E-state index in [4.69, 9.17) is 21.4 Å². The van der Waals surface area contributed by atoms with E-state index in [0.717, 1.165) is 0 Å². The monoisotopic (exact) mass is 385 g/mol. The minimum atomic E-state index is -0.529. The van der Waals surface area contributed by atoms with Gasteiger partial charge in [0, 0.05) is 0 Å². The van der Waals surface area contributed by atoms with E-state index in [0.29, 0.717) is 11.5 Å². The Bertz CT molecular complexity index is 931. The number of ether oxygens (including phenoxy) is 1. The second kappa shape index (κ2) is 8.81. The first-order chi connectivity index (χ1) is 13.1. The summed E-state index contributed by atoms with van der Waals surface area (Å²) in [7, 11) is 0. The van der Waals surface area contributed by atoms with E-state index < -0.39 is 11.7 Å². The van der Waals surface area contributed by atoms with Crippen LogP contribution in [0.2, 0.25) is 0 Å². The molecule has 27 heavy (non-hydrogen) atoms. The number of carbonyl (C=O) groups is 1. The molecule has 0 aliphatic carbocycles. The summed E-state index contributed by atoms with van der Waals surface area (Å²) in [4.78, 5) is 12.1. The molecule has 0 saturated carbocycles. The molecule has 8 heteroatoms. The van der Waals surface area contributed by atoms with E-state index in [2.05, 4.69) is 16.2 Å². The van der Waals surface area contributed by atoms with Gasteiger partial charge < -0.3 is 14.5 Å². The van der Waals surface area contributed by atoms with Crippen LogP contribution in [-0.2, 0) is 6.61 Å². The number of nitrogens with one attached hydrogen (secondary N) is 3. The Morgan fingerprint density at radius 2 is 1.74 bits per heavy atom. The van der Waals surface area contributed by atoms with Crippen LogP contribution in [0.4, 0.5) is 10.1 Å². The number of hydrogen-bond acceptors (Lipinski definition) is 4. The zero-order chi connectivity index (χ0) is 19.1. The number of hydrazine groups is 1. The normalized spacial score (nSPS) is 10.1. The zero-order valence-electron chi connectivity index (χ0n) is 14.1. The molecule has 3 N–H and O–H groups in total. The molecule has 138 valence electrons. The van der Waals surface area contributed by atoms with Crippen LogP contribution in [-0.4, -0.2) is 11.0 Å². The molecule has 0 atom stereocenters. The highest BCUT2D eigenvalue weighted by Gasteiger charge is 2.12. The first kappa shape index (κ1) is 18.4. The first-order valence-electron chi connectivity index (χ1n) is 8.00. The van der Waals surface area contributed by atoms with Crippen molar-refractivity contribution in [3.8, 4) is 5.75 Å². The maximum Gasteiger partial charge on any atom is 0.305 e. The van der Waals surface area contributed by atoms with Crippen molar-refractivity contribution in [3.63, 3.8) is 0 Å².